The molecule has 0 radical (unpaired) electrons. The van der Waals surface area contributed by atoms with Crippen molar-refractivity contribution >= 4 is 40.9 Å². The van der Waals surface area contributed by atoms with Gasteiger partial charge >= 0.3 is 5.97 Å². The molecule has 0 atom stereocenters. The van der Waals surface area contributed by atoms with Gasteiger partial charge in [-0.15, -0.1) is 0 Å². The number of hydrogen-bond acceptors (Lipinski definition) is 4. The normalized spacial score (nSPS) is 12.1. The predicted octanol–water partition coefficient (Wildman–Crippen LogP) is 9.73. The summed E-state index contributed by atoms with van der Waals surface area (Å²) in [5.41, 5.74) is 0.908. The molecule has 0 bridgehead atoms. The molecule has 0 amide bonds. The molecule has 4 aromatic rings. The largest absolute Gasteiger partial charge is 0.456 e. The maximum atomic E-state index is 15.1. The Bertz CT molecular complexity index is 1620. The molecule has 4 rings (SSSR count). The summed E-state index contributed by atoms with van der Waals surface area (Å²) in [6.45, 7) is 10.9. The topological polar surface area (TPSA) is 44.1 Å². The molecule has 0 aliphatic heterocycles. The average Bonchev–Trinajstić information content (AvgIpc) is 3.33. The third-order valence-electron chi connectivity index (χ3n) is 6.80. The second-order valence-electron chi connectivity index (χ2n) is 11.4. The number of imidazole rings is 1. The third kappa shape index (κ3) is 6.82. The molecule has 222 valence electrons. The van der Waals surface area contributed by atoms with Crippen LogP contribution >= 0.6 is 35.0 Å². The van der Waals surface area contributed by atoms with E-state index in [1.54, 1.807) is 51.2 Å². The van der Waals surface area contributed by atoms with Crippen LogP contribution in [0.4, 0.5) is 13.2 Å². The molecule has 1 aromatic heterocycles. The number of aromatic nitrogens is 2. The molecule has 0 spiro atoms. The molecule has 0 saturated heterocycles. The molecule has 0 unspecified atom stereocenters. The Morgan fingerprint density at radius 1 is 0.929 bits per heavy atom. The lowest BCUT2D eigenvalue weighted by atomic mass is 9.81. The molecule has 0 aliphatic carbocycles. The van der Waals surface area contributed by atoms with Gasteiger partial charge in [0.25, 0.3) is 0 Å². The Morgan fingerprint density at radius 3 is 2.19 bits per heavy atom. The Kier molecular flexibility index (Phi) is 9.40. The lowest BCUT2D eigenvalue weighted by Gasteiger charge is -2.28. The minimum Gasteiger partial charge on any atom is -0.456 e. The zero-order valence-corrected chi connectivity index (χ0v) is 26.4. The first kappa shape index (κ1) is 32.0. The van der Waals surface area contributed by atoms with Crippen molar-refractivity contribution in [3.05, 3.63) is 110 Å². The van der Waals surface area contributed by atoms with Crippen molar-refractivity contribution in [1.82, 2.24) is 9.55 Å². The number of aryl methyl sites for hydroxylation is 1. The molecule has 3 aromatic carbocycles. The van der Waals surface area contributed by atoms with E-state index in [2.05, 4.69) is 4.98 Å². The molecule has 0 aliphatic rings. The van der Waals surface area contributed by atoms with Gasteiger partial charge in [0, 0.05) is 22.4 Å². The summed E-state index contributed by atoms with van der Waals surface area (Å²) in [4.78, 5) is 17.0. The van der Waals surface area contributed by atoms with Crippen LogP contribution in [0, 0.1) is 17.5 Å². The van der Waals surface area contributed by atoms with Crippen molar-refractivity contribution in [2.24, 2.45) is 0 Å². The van der Waals surface area contributed by atoms with Crippen molar-refractivity contribution in [2.75, 3.05) is 0 Å². The molecular weight excluding hydrogens is 604 g/mol. The quantitative estimate of drug-likeness (QED) is 0.143. The van der Waals surface area contributed by atoms with Crippen molar-refractivity contribution in [3.8, 4) is 5.69 Å². The number of carbonyl (C=O) groups excluding carboxylic acids is 1. The predicted molar refractivity (Wildman–Crippen MR) is 163 cm³/mol. The Morgan fingerprint density at radius 2 is 1.60 bits per heavy atom. The number of benzene rings is 3. The van der Waals surface area contributed by atoms with E-state index in [1.807, 2.05) is 31.4 Å². The molecule has 1 heterocycles. The van der Waals surface area contributed by atoms with Crippen LogP contribution in [0.2, 0.25) is 10.0 Å². The van der Waals surface area contributed by atoms with Gasteiger partial charge in [-0.05, 0) is 80.8 Å². The molecule has 4 nitrogen and oxygen atoms in total. The number of esters is 1. The van der Waals surface area contributed by atoms with Crippen LogP contribution in [0.1, 0.15) is 74.3 Å². The number of rotatable bonds is 8. The van der Waals surface area contributed by atoms with Gasteiger partial charge in [0.15, 0.2) is 5.16 Å². The molecule has 10 heteroatoms. The van der Waals surface area contributed by atoms with Gasteiger partial charge in [-0.3, -0.25) is 4.57 Å². The maximum Gasteiger partial charge on any atom is 0.338 e. The molecule has 0 saturated carbocycles. The summed E-state index contributed by atoms with van der Waals surface area (Å²) in [5, 5.41) is 1.27. The highest BCUT2D eigenvalue weighted by atomic mass is 35.5. The van der Waals surface area contributed by atoms with Crippen molar-refractivity contribution in [2.45, 2.75) is 69.9 Å². The zero-order chi connectivity index (χ0) is 31.0. The van der Waals surface area contributed by atoms with E-state index in [4.69, 9.17) is 27.9 Å². The lowest BCUT2D eigenvalue weighted by molar-refractivity contribution is 0.00683. The first-order chi connectivity index (χ1) is 19.6. The van der Waals surface area contributed by atoms with Crippen LogP contribution in [0.15, 0.2) is 59.9 Å². The van der Waals surface area contributed by atoms with Gasteiger partial charge in [-0.1, -0.05) is 61.8 Å². The Hall–Kier alpha value is -2.94. The van der Waals surface area contributed by atoms with Gasteiger partial charge in [0.05, 0.1) is 27.5 Å². The Labute approximate surface area is 258 Å². The van der Waals surface area contributed by atoms with Gasteiger partial charge in [0.2, 0.25) is 0 Å². The summed E-state index contributed by atoms with van der Waals surface area (Å²) >= 11 is 13.6. The van der Waals surface area contributed by atoms with Crippen LogP contribution in [0.25, 0.3) is 5.69 Å². The summed E-state index contributed by atoms with van der Waals surface area (Å²) in [6.07, 6.45) is 2.17. The smallest absolute Gasteiger partial charge is 0.338 e. The fourth-order valence-corrected chi connectivity index (χ4v) is 5.77. The van der Waals surface area contributed by atoms with Crippen LogP contribution in [0.3, 0.4) is 0 Å². The van der Waals surface area contributed by atoms with Crippen LogP contribution < -0.4 is 0 Å². The lowest BCUT2D eigenvalue weighted by Crippen LogP contribution is -2.24. The number of ether oxygens (including phenoxy) is 1. The minimum absolute atomic E-state index is 0.113. The third-order valence-corrected chi connectivity index (χ3v) is 8.52. The van der Waals surface area contributed by atoms with E-state index >= 15 is 8.78 Å². The first-order valence-corrected chi connectivity index (χ1v) is 15.0. The fraction of sp³-hybridized carbons (Fsp3) is 0.312. The summed E-state index contributed by atoms with van der Waals surface area (Å²) in [6, 6.07) is 12.1. The number of carbonyl (C=O) groups is 1. The van der Waals surface area contributed by atoms with Gasteiger partial charge in [-0.2, -0.15) is 0 Å². The average molecular weight is 636 g/mol. The van der Waals surface area contributed by atoms with E-state index < -0.39 is 28.6 Å². The molecule has 42 heavy (non-hydrogen) atoms. The standard InChI is InChI=1S/C32H31Cl2F3N2O2S/c1-7-18-12-21(9-11-25(18)35)39-28(32(5,6)20-8-10-23(33)24(34)15-20)16-38-30(39)42-17-22-26(36)13-19(14-27(22)37)29(40)41-31(2,3)4/h8-16H,7,17H2,1-6H3. The molecular formula is C32H31Cl2F3N2O2S. The van der Waals surface area contributed by atoms with Gasteiger partial charge < -0.3 is 4.74 Å². The number of nitrogens with zero attached hydrogens (tertiary/aromatic N) is 2. The summed E-state index contributed by atoms with van der Waals surface area (Å²) < 4.78 is 51.8. The van der Waals surface area contributed by atoms with Crippen molar-refractivity contribution in [3.63, 3.8) is 0 Å². The molecule has 0 N–H and O–H groups in total. The van der Waals surface area contributed by atoms with Gasteiger partial charge in [-0.25, -0.2) is 22.9 Å². The van der Waals surface area contributed by atoms with E-state index in [1.165, 1.54) is 6.07 Å². The van der Waals surface area contributed by atoms with E-state index in [0.717, 1.165) is 35.2 Å². The second-order valence-corrected chi connectivity index (χ2v) is 13.1. The zero-order valence-electron chi connectivity index (χ0n) is 24.1. The number of halogens is 5. The number of thioether (sulfide) groups is 1. The van der Waals surface area contributed by atoms with Crippen LogP contribution in [-0.4, -0.2) is 21.1 Å². The molecule has 0 fully saturated rings. The first-order valence-electron chi connectivity index (χ1n) is 13.3. The second kappa shape index (κ2) is 12.3. The highest BCUT2D eigenvalue weighted by molar-refractivity contribution is 7.98. The SMILES string of the molecule is CCc1cc(-n2c(C(C)(C)c3ccc(Cl)c(Cl)c3)cnc2SCc2c(F)cc(C(=O)OC(C)(C)C)cc2F)ccc1F. The Balaban J connectivity index is 1.75. The number of hydrogen-bond donors (Lipinski definition) is 0. The highest BCUT2D eigenvalue weighted by Crippen LogP contribution is 2.39. The minimum atomic E-state index is -0.868. The van der Waals surface area contributed by atoms with E-state index in [-0.39, 0.29) is 22.7 Å². The van der Waals surface area contributed by atoms with Crippen LogP contribution in [0.5, 0.6) is 0 Å². The summed E-state index contributed by atoms with van der Waals surface area (Å²) in [5.74, 6) is -2.99. The van der Waals surface area contributed by atoms with Gasteiger partial charge in [0.1, 0.15) is 23.1 Å². The highest BCUT2D eigenvalue weighted by Gasteiger charge is 2.31. The van der Waals surface area contributed by atoms with E-state index in [0.29, 0.717) is 32.9 Å². The maximum absolute atomic E-state index is 15.1. The summed E-state index contributed by atoms with van der Waals surface area (Å²) in [7, 11) is 0. The van der Waals surface area contributed by atoms with Crippen molar-refractivity contribution < 1.29 is 22.7 Å². The van der Waals surface area contributed by atoms with E-state index in [9.17, 15) is 9.18 Å². The fourth-order valence-electron chi connectivity index (χ4n) is 4.46. The monoisotopic (exact) mass is 634 g/mol. The van der Waals surface area contributed by atoms with Crippen molar-refractivity contribution in [1.29, 1.82) is 0 Å². The van der Waals surface area contributed by atoms with Crippen LogP contribution in [-0.2, 0) is 22.3 Å².